The number of ether oxygens (including phenoxy) is 4. The van der Waals surface area contributed by atoms with Crippen molar-refractivity contribution in [1.29, 1.82) is 0 Å². The van der Waals surface area contributed by atoms with Crippen molar-refractivity contribution < 1.29 is 67.2 Å². The van der Waals surface area contributed by atoms with Crippen molar-refractivity contribution >= 4 is 75.5 Å². The lowest BCUT2D eigenvalue weighted by Gasteiger charge is -2.30. The van der Waals surface area contributed by atoms with Crippen LogP contribution in [0.1, 0.15) is 192 Å². The highest BCUT2D eigenvalue weighted by atomic mass is 16.6. The number of nitrogens with zero attached hydrogens (tertiary/aromatic N) is 8. The second-order valence-corrected chi connectivity index (χ2v) is 37.5. The first-order chi connectivity index (χ1) is 64.7. The van der Waals surface area contributed by atoms with E-state index in [4.69, 9.17) is 44.0 Å². The van der Waals surface area contributed by atoms with E-state index in [-0.39, 0.29) is 89.4 Å². The lowest BCUT2D eigenvalue weighted by atomic mass is 9.96. The van der Waals surface area contributed by atoms with Gasteiger partial charge in [0.15, 0.2) is 0 Å². The highest BCUT2D eigenvalue weighted by molar-refractivity contribution is 5.94. The molecule has 8 amide bonds. The van der Waals surface area contributed by atoms with Crippen LogP contribution in [0.25, 0.3) is 88.8 Å². The molecule has 4 saturated heterocycles. The molecule has 16 rings (SSSR count). The molecule has 8 aromatic carbocycles. The van der Waals surface area contributed by atoms with Crippen LogP contribution in [0.2, 0.25) is 0 Å². The summed E-state index contributed by atoms with van der Waals surface area (Å²) in [4.78, 5) is 152. The van der Waals surface area contributed by atoms with Crippen LogP contribution in [0.5, 0.6) is 0 Å². The Bertz CT molecular complexity index is 6200. The molecule has 12 aromatic rings. The van der Waals surface area contributed by atoms with Gasteiger partial charge in [0.1, 0.15) is 53.1 Å². The van der Waals surface area contributed by atoms with E-state index < -0.39 is 54.0 Å². The molecule has 1 unspecified atom stereocenters. The standard InChI is InChI=1S/C50H56N8O6.C48H53N7O5.C7H13NO3/c1-29(2)43(55-49(61)63-5)47(59)57-22-10-13-41(57)45-51-27-40(54-45)37-21-20-35-23-34(18-19-36(35)24-37)32-14-16-33(17-15-32)39-26-52-46(53-39)42-25-38(31-11-8-7-9-12-31)28-58(42)48(60)44(30(3)4)56-50(62)64-6;1-29(2)42(53-46(57)59-6)45(56)54-22-10-13-40(54)43-49-27-39(52-43)36-21-20-34-23-33(18-19-35(34)24-36)31-14-16-32(17-15-31)38-26-50-44(51-38)41-25-37(30-11-8-7-9-12-30)28-55(41)47(58)60-48(3,4)5;1-4(2)6(7(10)11)8-5(3)9/h7-9,11-12,14-21,23-24,26-27,29-30,38,41-44H,10,13,22,25,28H2,1-6H3,(H,51,54)(H,52,53)(H,55,61)(H,56,62);7-9,11-12,14-21,23-24,26-27,29,37,40-42H,10,13,22,25,28H2,1-6H3,(H,49,52)(H,50,51)(H,53,57);4,6H,1-3H3,(H,8,9)(H,10,11)/t38-,41-,42-,43-,44-;37?,40-,41-,42-;6-/m000/s1. The summed E-state index contributed by atoms with van der Waals surface area (Å²) in [6.45, 7) is 24.2. The van der Waals surface area contributed by atoms with Gasteiger partial charge in [-0.2, -0.15) is 0 Å². The second-order valence-electron chi connectivity index (χ2n) is 37.5. The van der Waals surface area contributed by atoms with Crippen molar-refractivity contribution in [1.82, 2.24) is 80.7 Å². The molecule has 4 aromatic heterocycles. The van der Waals surface area contributed by atoms with Gasteiger partial charge in [-0.15, -0.1) is 0 Å². The third-order valence-corrected chi connectivity index (χ3v) is 25.6. The Kier molecular flexibility index (Phi) is 30.5. The summed E-state index contributed by atoms with van der Waals surface area (Å²) in [6, 6.07) is 59.1. The summed E-state index contributed by atoms with van der Waals surface area (Å²) in [5.41, 5.74) is 13.6. The molecule has 9 N–H and O–H groups in total. The fraction of sp³-hybridized carbons (Fsp3) is 0.381. The molecule has 0 radical (unpaired) electrons. The Morgan fingerprint density at radius 1 is 0.378 bits per heavy atom. The van der Waals surface area contributed by atoms with E-state index in [2.05, 4.69) is 187 Å². The van der Waals surface area contributed by atoms with Gasteiger partial charge < -0.3 is 80.0 Å². The van der Waals surface area contributed by atoms with Crippen LogP contribution in [0.4, 0.5) is 19.2 Å². The minimum absolute atomic E-state index is 0.0867. The first kappa shape index (κ1) is 96.6. The lowest BCUT2D eigenvalue weighted by Crippen LogP contribution is -2.51. The Morgan fingerprint density at radius 2 is 0.681 bits per heavy atom. The summed E-state index contributed by atoms with van der Waals surface area (Å²) in [5.74, 6) is 1.01. The van der Waals surface area contributed by atoms with Gasteiger partial charge in [0, 0.05) is 56.1 Å². The van der Waals surface area contributed by atoms with Crippen LogP contribution in [0.3, 0.4) is 0 Å². The number of alkyl carbamates (subject to hydrolysis) is 3. The average molecular weight is 1830 g/mol. The Morgan fingerprint density at radius 3 is 1.01 bits per heavy atom. The number of methoxy groups -OCH3 is 3. The zero-order chi connectivity index (χ0) is 96.2. The zero-order valence-electron chi connectivity index (χ0n) is 79.1. The molecule has 135 heavy (non-hydrogen) atoms. The van der Waals surface area contributed by atoms with E-state index in [1.54, 1.807) is 13.8 Å². The largest absolute Gasteiger partial charge is 0.480 e. The molecular formula is C105H122N16O14. The van der Waals surface area contributed by atoms with Gasteiger partial charge in [0.25, 0.3) is 0 Å². The summed E-state index contributed by atoms with van der Waals surface area (Å²) in [5, 5.41) is 23.5. The average Bonchev–Trinajstić information content (AvgIpc) is 1.70. The molecule has 30 heteroatoms. The molecule has 4 fully saturated rings. The number of imidazole rings is 4. The van der Waals surface area contributed by atoms with Crippen molar-refractivity contribution in [2.45, 2.75) is 187 Å². The Balaban J connectivity index is 0.000000195. The highest BCUT2D eigenvalue weighted by Gasteiger charge is 2.45. The van der Waals surface area contributed by atoms with Crippen molar-refractivity contribution in [2.75, 3.05) is 47.5 Å². The number of carboxylic acid groups (broad SMARTS) is 1. The van der Waals surface area contributed by atoms with Crippen molar-refractivity contribution in [3.63, 3.8) is 0 Å². The number of nitrogens with one attached hydrogen (secondary N) is 8. The van der Waals surface area contributed by atoms with Crippen molar-refractivity contribution in [2.24, 2.45) is 23.7 Å². The number of hydrogen-bond donors (Lipinski definition) is 9. The summed E-state index contributed by atoms with van der Waals surface area (Å²) < 4.78 is 20.2. The fourth-order valence-corrected chi connectivity index (χ4v) is 18.4. The number of likely N-dealkylation sites (tertiary alicyclic amines) is 4. The highest BCUT2D eigenvalue weighted by Crippen LogP contribution is 2.45. The van der Waals surface area contributed by atoms with E-state index >= 15 is 0 Å². The topological polar surface area (TPSA) is 387 Å². The number of rotatable bonds is 24. The summed E-state index contributed by atoms with van der Waals surface area (Å²) >= 11 is 0. The van der Waals surface area contributed by atoms with Crippen LogP contribution in [0, 0.1) is 23.7 Å². The SMILES string of the molecule is CC(=O)N[C@H](C(=O)O)C(C)C.COC(=O)N[C@H](C(=O)N1CCC[C@H]1c1ncc(-c2ccc3cc(-c4ccc(-c5cnc([C@@H]6CC(c7ccccc7)CN6C(=O)OC(C)(C)C)[nH]5)cc4)ccc3c2)[nH]1)C(C)C.COC(=O)N[C@H](C(=O)N1CCC[C@H]1c1ncc(-c2ccc3cc(-c4ccc(-c5cnc([C@@H]6C[C@H](c7ccccc7)CN6C(=O)[C@@H](NC(=O)OC)C(C)C)[nH]5)cc4)ccc3c2)[nH]1)C(C)C. The third-order valence-electron chi connectivity index (χ3n) is 25.6. The predicted octanol–water partition coefficient (Wildman–Crippen LogP) is 18.8. The quantitative estimate of drug-likeness (QED) is 0.0254. The molecule has 30 nitrogen and oxygen atoms in total. The van der Waals surface area contributed by atoms with E-state index in [1.807, 2.05) is 143 Å². The number of carboxylic acids is 1. The Hall–Kier alpha value is -14.5. The van der Waals surface area contributed by atoms with Gasteiger partial charge in [-0.25, -0.2) is 43.9 Å². The number of hydrogen-bond acceptors (Lipinski definition) is 17. The Labute approximate surface area is 786 Å². The molecule has 8 heterocycles. The zero-order valence-corrected chi connectivity index (χ0v) is 79.1. The van der Waals surface area contributed by atoms with Crippen LogP contribution in [-0.2, 0) is 42.9 Å². The van der Waals surface area contributed by atoms with Crippen LogP contribution < -0.4 is 21.3 Å². The van der Waals surface area contributed by atoms with E-state index in [0.29, 0.717) is 38.4 Å². The molecule has 0 spiro atoms. The van der Waals surface area contributed by atoms with Gasteiger partial charge in [-0.1, -0.05) is 213 Å². The van der Waals surface area contributed by atoms with E-state index in [1.165, 1.54) is 33.8 Å². The number of benzene rings is 8. The summed E-state index contributed by atoms with van der Waals surface area (Å²) in [7, 11) is 3.89. The molecular weight excluding hydrogens is 1710 g/mol. The van der Waals surface area contributed by atoms with Crippen molar-refractivity contribution in [3.8, 4) is 67.3 Å². The molecule has 4 aliphatic rings. The maximum Gasteiger partial charge on any atom is 0.410 e. The maximum atomic E-state index is 14.1. The van der Waals surface area contributed by atoms with Crippen molar-refractivity contribution in [3.05, 3.63) is 241 Å². The monoisotopic (exact) mass is 1830 g/mol. The number of aromatic nitrogens is 8. The van der Waals surface area contributed by atoms with Crippen LogP contribution >= 0.6 is 0 Å². The van der Waals surface area contributed by atoms with Gasteiger partial charge in [0.05, 0.1) is 93.1 Å². The summed E-state index contributed by atoms with van der Waals surface area (Å²) in [6.07, 6.45) is 9.82. The fourth-order valence-electron chi connectivity index (χ4n) is 18.4. The van der Waals surface area contributed by atoms with Gasteiger partial charge in [0.2, 0.25) is 23.6 Å². The molecule has 0 saturated carbocycles. The number of aliphatic carboxylic acids is 1. The van der Waals surface area contributed by atoms with Gasteiger partial charge in [-0.3, -0.25) is 24.1 Å². The molecule has 4 aliphatic heterocycles. The van der Waals surface area contributed by atoms with Gasteiger partial charge in [-0.05, 0) is 173 Å². The molecule has 706 valence electrons. The number of carbonyl (C=O) groups excluding carboxylic acids is 8. The van der Waals surface area contributed by atoms with Crippen LogP contribution in [-0.4, -0.2) is 196 Å². The van der Waals surface area contributed by atoms with E-state index in [9.17, 15) is 43.2 Å². The van der Waals surface area contributed by atoms with E-state index in [0.717, 1.165) is 144 Å². The lowest BCUT2D eigenvalue weighted by molar-refractivity contribution is -0.142. The molecule has 0 bridgehead atoms. The number of aromatic amines is 4. The maximum absolute atomic E-state index is 14.1. The number of amides is 8. The first-order valence-electron chi connectivity index (χ1n) is 46.3. The van der Waals surface area contributed by atoms with Gasteiger partial charge >= 0.3 is 30.3 Å². The molecule has 10 atom stereocenters. The normalized spacial score (nSPS) is 18.0. The minimum Gasteiger partial charge on any atom is -0.480 e. The molecule has 0 aliphatic carbocycles. The van der Waals surface area contributed by atoms with Crippen LogP contribution in [0.15, 0.2) is 207 Å². The second kappa shape index (κ2) is 42.6. The third kappa shape index (κ3) is 22.9. The number of fused-ring (bicyclic) bond motifs is 2. The minimum atomic E-state index is -0.991. The smallest absolute Gasteiger partial charge is 0.410 e. The number of H-pyrrole nitrogens is 4. The predicted molar refractivity (Wildman–Crippen MR) is 517 cm³/mol. The number of carbonyl (C=O) groups is 9. The first-order valence-corrected chi connectivity index (χ1v) is 46.3.